The van der Waals surface area contributed by atoms with Gasteiger partial charge in [0, 0.05) is 5.57 Å². The molecule has 3 aliphatic heterocycles. The second-order valence-electron chi connectivity index (χ2n) is 6.61. The molecule has 6 atom stereocenters. The van der Waals surface area contributed by atoms with Crippen molar-refractivity contribution in [1.82, 2.24) is 0 Å². The molecular formula is C18H18O5. The predicted octanol–water partition coefficient (Wildman–Crippen LogP) is 1.44. The summed E-state index contributed by atoms with van der Waals surface area (Å²) in [6.45, 7) is 0.991. The molecular weight excluding hydrogens is 296 g/mol. The van der Waals surface area contributed by atoms with E-state index in [-0.39, 0.29) is 36.1 Å². The summed E-state index contributed by atoms with van der Waals surface area (Å²) in [6.07, 6.45) is 2.78. The van der Waals surface area contributed by atoms with E-state index in [1.807, 2.05) is 30.3 Å². The number of epoxide rings is 2. The molecule has 2 N–H and O–H groups in total. The van der Waals surface area contributed by atoms with Gasteiger partial charge in [0.1, 0.15) is 29.7 Å². The number of allylic oxidation sites excluding steroid dienone is 1. The van der Waals surface area contributed by atoms with Crippen LogP contribution in [0.3, 0.4) is 0 Å². The van der Waals surface area contributed by atoms with E-state index in [4.69, 9.17) is 14.2 Å². The van der Waals surface area contributed by atoms with Crippen molar-refractivity contribution in [2.75, 3.05) is 13.2 Å². The van der Waals surface area contributed by atoms with Gasteiger partial charge in [-0.05, 0) is 17.7 Å². The van der Waals surface area contributed by atoms with Crippen molar-refractivity contribution in [2.24, 2.45) is 5.92 Å². The predicted molar refractivity (Wildman–Crippen MR) is 80.8 cm³/mol. The van der Waals surface area contributed by atoms with Gasteiger partial charge in [-0.2, -0.15) is 0 Å². The fourth-order valence-electron chi connectivity index (χ4n) is 3.96. The van der Waals surface area contributed by atoms with Gasteiger partial charge in [0.25, 0.3) is 0 Å². The van der Waals surface area contributed by atoms with Crippen molar-refractivity contribution < 1.29 is 24.4 Å². The van der Waals surface area contributed by atoms with Gasteiger partial charge in [-0.25, -0.2) is 0 Å². The first-order valence-corrected chi connectivity index (χ1v) is 7.97. The maximum Gasteiger partial charge on any atom is 0.117 e. The molecule has 1 aliphatic carbocycles. The second kappa shape index (κ2) is 4.68. The molecule has 0 radical (unpaired) electrons. The Morgan fingerprint density at radius 3 is 2.65 bits per heavy atom. The Morgan fingerprint density at radius 1 is 1.04 bits per heavy atom. The number of hydrogen-bond acceptors (Lipinski definition) is 5. The Hall–Kier alpha value is -1.66. The summed E-state index contributed by atoms with van der Waals surface area (Å²) < 4.78 is 17.1. The number of hydrogen-bond donors (Lipinski definition) is 2. The van der Waals surface area contributed by atoms with Gasteiger partial charge < -0.3 is 24.4 Å². The van der Waals surface area contributed by atoms with Gasteiger partial charge in [0.15, 0.2) is 0 Å². The van der Waals surface area contributed by atoms with Crippen LogP contribution in [0.15, 0.2) is 53.8 Å². The lowest BCUT2D eigenvalue weighted by atomic mass is 9.70. The molecule has 0 saturated carbocycles. The summed E-state index contributed by atoms with van der Waals surface area (Å²) in [4.78, 5) is 0. The average Bonchev–Trinajstić information content (AvgIpc) is 3.48. The number of benzene rings is 1. The Morgan fingerprint density at radius 2 is 1.83 bits per heavy atom. The molecule has 5 nitrogen and oxygen atoms in total. The molecule has 5 heteroatoms. The van der Waals surface area contributed by atoms with Gasteiger partial charge >= 0.3 is 0 Å². The SMILES string of the molecule is OC1=C2C3OC3COCC3OC3C2C(O)(c2ccccc2)C=C1. The first-order chi connectivity index (χ1) is 11.2. The molecule has 4 aliphatic rings. The van der Waals surface area contributed by atoms with E-state index in [1.54, 1.807) is 12.2 Å². The smallest absolute Gasteiger partial charge is 0.117 e. The van der Waals surface area contributed by atoms with E-state index in [2.05, 4.69) is 0 Å². The molecule has 0 aromatic heterocycles. The lowest BCUT2D eigenvalue weighted by Gasteiger charge is -2.37. The van der Waals surface area contributed by atoms with Crippen molar-refractivity contribution in [3.05, 3.63) is 59.4 Å². The van der Waals surface area contributed by atoms with Crippen LogP contribution in [0.5, 0.6) is 0 Å². The zero-order valence-electron chi connectivity index (χ0n) is 12.5. The first-order valence-electron chi connectivity index (χ1n) is 7.97. The third kappa shape index (κ3) is 2.01. The summed E-state index contributed by atoms with van der Waals surface area (Å²) in [7, 11) is 0. The van der Waals surface area contributed by atoms with Crippen molar-refractivity contribution in [2.45, 2.75) is 30.0 Å². The number of rotatable bonds is 1. The van der Waals surface area contributed by atoms with Crippen LogP contribution in [0.2, 0.25) is 0 Å². The number of aliphatic hydroxyl groups is 2. The van der Waals surface area contributed by atoms with Crippen LogP contribution < -0.4 is 0 Å². The fraction of sp³-hybridized carbons (Fsp3) is 0.444. The third-order valence-corrected chi connectivity index (χ3v) is 5.24. The van der Waals surface area contributed by atoms with Crippen molar-refractivity contribution in [3.8, 4) is 0 Å². The first kappa shape index (κ1) is 13.7. The molecule has 23 heavy (non-hydrogen) atoms. The van der Waals surface area contributed by atoms with Gasteiger partial charge in [-0.1, -0.05) is 30.3 Å². The maximum absolute atomic E-state index is 11.5. The summed E-state index contributed by atoms with van der Waals surface area (Å²) in [6, 6.07) is 9.52. The van der Waals surface area contributed by atoms with E-state index in [0.717, 1.165) is 11.1 Å². The minimum Gasteiger partial charge on any atom is -0.508 e. The van der Waals surface area contributed by atoms with Crippen LogP contribution in [0, 0.1) is 5.92 Å². The average molecular weight is 314 g/mol. The highest BCUT2D eigenvalue weighted by molar-refractivity contribution is 5.44. The Bertz CT molecular complexity index is 697. The minimum atomic E-state index is -1.22. The monoisotopic (exact) mass is 314 g/mol. The zero-order valence-corrected chi connectivity index (χ0v) is 12.5. The minimum absolute atomic E-state index is 0.0398. The van der Waals surface area contributed by atoms with Crippen LogP contribution in [0.4, 0.5) is 0 Å². The molecule has 120 valence electrons. The molecule has 0 amide bonds. The molecule has 6 unspecified atom stereocenters. The molecule has 3 fully saturated rings. The van der Waals surface area contributed by atoms with Crippen LogP contribution in [0.1, 0.15) is 5.56 Å². The van der Waals surface area contributed by atoms with E-state index in [1.165, 1.54) is 0 Å². The molecule has 1 aromatic carbocycles. The van der Waals surface area contributed by atoms with Gasteiger partial charge in [0.05, 0.1) is 25.2 Å². The van der Waals surface area contributed by atoms with Crippen LogP contribution >= 0.6 is 0 Å². The molecule has 5 rings (SSSR count). The highest BCUT2D eigenvalue weighted by Gasteiger charge is 2.61. The highest BCUT2D eigenvalue weighted by atomic mass is 16.6. The number of aliphatic hydroxyl groups excluding tert-OH is 1. The Balaban J connectivity index is 1.63. The highest BCUT2D eigenvalue weighted by Crippen LogP contribution is 2.53. The summed E-state index contributed by atoms with van der Waals surface area (Å²) >= 11 is 0. The Labute approximate surface area is 133 Å². The van der Waals surface area contributed by atoms with Crippen LogP contribution in [0.25, 0.3) is 0 Å². The Kier molecular flexibility index (Phi) is 2.79. The summed E-state index contributed by atoms with van der Waals surface area (Å²) in [5, 5.41) is 21.9. The lowest BCUT2D eigenvalue weighted by molar-refractivity contribution is 0.0196. The standard InChI is InChI=1S/C18H18O5/c19-11-6-7-18(20,10-4-2-1-3-5-10)15-14(11)16-12(22-16)8-21-9-13-17(15)23-13/h1-7,12-13,15-17,19-20H,8-9H2. The third-order valence-electron chi connectivity index (χ3n) is 5.24. The zero-order chi connectivity index (χ0) is 15.6. The second-order valence-corrected chi connectivity index (χ2v) is 6.61. The molecule has 3 saturated heterocycles. The maximum atomic E-state index is 11.5. The molecule has 0 spiro atoms. The topological polar surface area (TPSA) is 74.8 Å². The van der Waals surface area contributed by atoms with E-state index in [9.17, 15) is 10.2 Å². The van der Waals surface area contributed by atoms with Crippen LogP contribution in [-0.2, 0) is 19.8 Å². The lowest BCUT2D eigenvalue weighted by Crippen LogP contribution is -2.42. The number of ether oxygens (including phenoxy) is 3. The molecule has 0 bridgehead atoms. The van der Waals surface area contributed by atoms with Gasteiger partial charge in [-0.15, -0.1) is 0 Å². The summed E-state index contributed by atoms with van der Waals surface area (Å²) in [5.41, 5.74) is 0.308. The van der Waals surface area contributed by atoms with Gasteiger partial charge in [0.2, 0.25) is 0 Å². The largest absolute Gasteiger partial charge is 0.508 e. The fourth-order valence-corrected chi connectivity index (χ4v) is 3.96. The van der Waals surface area contributed by atoms with Gasteiger partial charge in [-0.3, -0.25) is 0 Å². The van der Waals surface area contributed by atoms with Crippen LogP contribution in [-0.4, -0.2) is 47.8 Å². The van der Waals surface area contributed by atoms with E-state index in [0.29, 0.717) is 13.2 Å². The normalized spacial score (nSPS) is 44.3. The van der Waals surface area contributed by atoms with Crippen molar-refractivity contribution >= 4 is 0 Å². The van der Waals surface area contributed by atoms with Crippen molar-refractivity contribution in [1.29, 1.82) is 0 Å². The molecule has 3 heterocycles. The molecule has 1 aromatic rings. The number of fused-ring (bicyclic) bond motifs is 5. The van der Waals surface area contributed by atoms with E-state index < -0.39 is 5.60 Å². The quantitative estimate of drug-likeness (QED) is 0.767. The van der Waals surface area contributed by atoms with E-state index >= 15 is 0 Å². The summed E-state index contributed by atoms with van der Waals surface area (Å²) in [5.74, 6) is -0.184. The van der Waals surface area contributed by atoms with Crippen molar-refractivity contribution in [3.63, 3.8) is 0 Å².